The summed E-state index contributed by atoms with van der Waals surface area (Å²) in [4.78, 5) is 12.3. The van der Waals surface area contributed by atoms with Crippen LogP contribution in [0.15, 0.2) is 29.1 Å². The van der Waals surface area contributed by atoms with E-state index in [1.54, 1.807) is 16.2 Å². The molecule has 2 heterocycles. The Bertz CT molecular complexity index is 808. The van der Waals surface area contributed by atoms with Crippen LogP contribution in [0.2, 0.25) is 0 Å². The maximum atomic E-state index is 12.3. The second kappa shape index (κ2) is 4.08. The highest BCUT2D eigenvalue weighted by atomic mass is 16.1. The maximum Gasteiger partial charge on any atom is 0.329 e. The Labute approximate surface area is 109 Å². The van der Waals surface area contributed by atoms with Gasteiger partial charge in [-0.3, -0.25) is 9.13 Å². The molecule has 98 valence electrons. The molecule has 0 saturated carbocycles. The molecule has 0 aliphatic carbocycles. The number of fused-ring (bicyclic) bond motifs is 1. The average Bonchev–Trinajstić information content (AvgIpc) is 2.86. The Kier molecular flexibility index (Phi) is 2.51. The molecule has 0 aliphatic rings. The average molecular weight is 257 g/mol. The lowest BCUT2D eigenvalue weighted by Gasteiger charge is -2.03. The molecule has 0 fully saturated rings. The van der Waals surface area contributed by atoms with Crippen LogP contribution in [0.3, 0.4) is 0 Å². The quantitative estimate of drug-likeness (QED) is 0.683. The first kappa shape index (κ1) is 11.7. The number of nitrogens with zero attached hydrogens (tertiary/aromatic N) is 5. The van der Waals surface area contributed by atoms with Crippen molar-refractivity contribution in [2.24, 2.45) is 14.1 Å². The Balaban J connectivity index is 2.18. The van der Waals surface area contributed by atoms with Crippen molar-refractivity contribution >= 4 is 11.0 Å². The molecule has 3 aromatic rings. The van der Waals surface area contributed by atoms with Crippen molar-refractivity contribution in [2.45, 2.75) is 13.5 Å². The van der Waals surface area contributed by atoms with Gasteiger partial charge in [0.15, 0.2) is 5.82 Å². The topological polar surface area (TPSA) is 57.6 Å². The highest BCUT2D eigenvalue weighted by molar-refractivity contribution is 5.75. The molecule has 0 atom stereocenters. The van der Waals surface area contributed by atoms with Crippen LogP contribution in [0.25, 0.3) is 11.0 Å². The molecule has 0 unspecified atom stereocenters. The molecule has 0 radical (unpaired) electrons. The van der Waals surface area contributed by atoms with Crippen LogP contribution in [0.1, 0.15) is 11.6 Å². The summed E-state index contributed by atoms with van der Waals surface area (Å²) >= 11 is 0. The van der Waals surface area contributed by atoms with E-state index in [4.69, 9.17) is 0 Å². The van der Waals surface area contributed by atoms with Crippen molar-refractivity contribution in [3.05, 3.63) is 46.4 Å². The molecule has 0 saturated heterocycles. The van der Waals surface area contributed by atoms with Gasteiger partial charge < -0.3 is 4.57 Å². The zero-order valence-electron chi connectivity index (χ0n) is 11.2. The van der Waals surface area contributed by atoms with Gasteiger partial charge in [-0.15, -0.1) is 10.2 Å². The van der Waals surface area contributed by atoms with E-state index in [1.807, 2.05) is 42.8 Å². The third-order valence-electron chi connectivity index (χ3n) is 3.53. The largest absolute Gasteiger partial charge is 0.329 e. The molecule has 19 heavy (non-hydrogen) atoms. The van der Waals surface area contributed by atoms with Gasteiger partial charge in [-0.2, -0.15) is 0 Å². The predicted octanol–water partition coefficient (Wildman–Crippen LogP) is 0.825. The summed E-state index contributed by atoms with van der Waals surface area (Å²) < 4.78 is 5.27. The lowest BCUT2D eigenvalue weighted by atomic mass is 10.3. The van der Waals surface area contributed by atoms with E-state index in [1.165, 1.54) is 0 Å². The minimum atomic E-state index is -0.0400. The zero-order chi connectivity index (χ0) is 13.6. The van der Waals surface area contributed by atoms with Crippen LogP contribution >= 0.6 is 0 Å². The number of rotatable bonds is 2. The number of aromatic nitrogens is 5. The van der Waals surface area contributed by atoms with Gasteiger partial charge in [0.2, 0.25) is 0 Å². The van der Waals surface area contributed by atoms with E-state index in [-0.39, 0.29) is 5.69 Å². The van der Waals surface area contributed by atoms with E-state index in [9.17, 15) is 4.79 Å². The minimum Gasteiger partial charge on any atom is -0.317 e. The summed E-state index contributed by atoms with van der Waals surface area (Å²) in [5, 5.41) is 8.13. The molecule has 6 nitrogen and oxygen atoms in total. The van der Waals surface area contributed by atoms with Crippen molar-refractivity contribution < 1.29 is 0 Å². The summed E-state index contributed by atoms with van der Waals surface area (Å²) in [6.45, 7) is 2.32. The Morgan fingerprint density at radius 1 is 1.05 bits per heavy atom. The molecular weight excluding hydrogens is 242 g/mol. The summed E-state index contributed by atoms with van der Waals surface area (Å²) in [7, 11) is 3.68. The second-order valence-corrected chi connectivity index (χ2v) is 4.64. The van der Waals surface area contributed by atoms with E-state index in [0.717, 1.165) is 22.7 Å². The highest BCUT2D eigenvalue weighted by Crippen LogP contribution is 2.12. The summed E-state index contributed by atoms with van der Waals surface area (Å²) in [5.41, 5.74) is 1.80. The van der Waals surface area contributed by atoms with Gasteiger partial charge in [0.25, 0.3) is 0 Å². The smallest absolute Gasteiger partial charge is 0.317 e. The molecule has 0 bridgehead atoms. The first-order valence-electron chi connectivity index (χ1n) is 6.08. The van der Waals surface area contributed by atoms with Gasteiger partial charge in [0.05, 0.1) is 17.6 Å². The Morgan fingerprint density at radius 2 is 1.74 bits per heavy atom. The first-order valence-corrected chi connectivity index (χ1v) is 6.08. The minimum absolute atomic E-state index is 0.0400. The van der Waals surface area contributed by atoms with Gasteiger partial charge >= 0.3 is 5.69 Å². The van der Waals surface area contributed by atoms with Crippen LogP contribution in [0, 0.1) is 6.92 Å². The number of hydrogen-bond acceptors (Lipinski definition) is 3. The van der Waals surface area contributed by atoms with Gasteiger partial charge in [0.1, 0.15) is 5.82 Å². The van der Waals surface area contributed by atoms with Crippen LogP contribution in [-0.2, 0) is 20.6 Å². The fraction of sp³-hybridized carbons (Fsp3) is 0.308. The molecule has 0 aliphatic heterocycles. The van der Waals surface area contributed by atoms with Crippen molar-refractivity contribution in [2.75, 3.05) is 0 Å². The van der Waals surface area contributed by atoms with E-state index < -0.39 is 0 Å². The molecule has 0 amide bonds. The third-order valence-corrected chi connectivity index (χ3v) is 3.53. The second-order valence-electron chi connectivity index (χ2n) is 4.64. The van der Waals surface area contributed by atoms with E-state index in [2.05, 4.69) is 10.2 Å². The van der Waals surface area contributed by atoms with Gasteiger partial charge in [-0.25, -0.2) is 4.79 Å². The molecule has 1 aromatic carbocycles. The van der Waals surface area contributed by atoms with Crippen molar-refractivity contribution in [1.82, 2.24) is 23.9 Å². The lowest BCUT2D eigenvalue weighted by molar-refractivity contribution is 0.668. The van der Waals surface area contributed by atoms with Crippen molar-refractivity contribution in [3.8, 4) is 0 Å². The Hall–Kier alpha value is -2.37. The zero-order valence-corrected chi connectivity index (χ0v) is 11.2. The van der Waals surface area contributed by atoms with Crippen LogP contribution in [0.4, 0.5) is 0 Å². The first-order chi connectivity index (χ1) is 9.09. The van der Waals surface area contributed by atoms with Crippen LogP contribution < -0.4 is 5.69 Å². The number of hydrogen-bond donors (Lipinski definition) is 0. The molecular formula is C13H15N5O. The maximum absolute atomic E-state index is 12.3. The van der Waals surface area contributed by atoms with E-state index in [0.29, 0.717) is 6.54 Å². The Morgan fingerprint density at radius 3 is 2.37 bits per heavy atom. The highest BCUT2D eigenvalue weighted by Gasteiger charge is 2.13. The summed E-state index contributed by atoms with van der Waals surface area (Å²) in [6.07, 6.45) is 0. The van der Waals surface area contributed by atoms with Gasteiger partial charge in [-0.05, 0) is 19.1 Å². The molecule has 0 N–H and O–H groups in total. The van der Waals surface area contributed by atoms with E-state index >= 15 is 0 Å². The number of para-hydroxylation sites is 2. The van der Waals surface area contributed by atoms with Crippen LogP contribution in [0.5, 0.6) is 0 Å². The third kappa shape index (κ3) is 1.68. The standard InChI is InChI=1S/C13H15N5O/c1-9-14-15-12(16(9)2)8-18-11-7-5-4-6-10(11)17(3)13(18)19/h4-7H,8H2,1-3H3. The van der Waals surface area contributed by atoms with Crippen molar-refractivity contribution in [3.63, 3.8) is 0 Å². The monoisotopic (exact) mass is 257 g/mol. The summed E-state index contributed by atoms with van der Waals surface area (Å²) in [6, 6.07) is 7.74. The number of benzene rings is 1. The van der Waals surface area contributed by atoms with Crippen molar-refractivity contribution in [1.29, 1.82) is 0 Å². The van der Waals surface area contributed by atoms with Crippen LogP contribution in [-0.4, -0.2) is 23.9 Å². The SMILES string of the molecule is Cc1nnc(Cn2c(=O)n(C)c3ccccc32)n1C. The van der Waals surface area contributed by atoms with Gasteiger partial charge in [0, 0.05) is 14.1 Å². The number of aryl methyl sites for hydroxylation is 2. The van der Waals surface area contributed by atoms with Gasteiger partial charge in [-0.1, -0.05) is 12.1 Å². The molecule has 2 aromatic heterocycles. The molecule has 6 heteroatoms. The lowest BCUT2D eigenvalue weighted by Crippen LogP contribution is -2.23. The number of imidazole rings is 1. The fourth-order valence-corrected chi connectivity index (χ4v) is 2.25. The molecule has 0 spiro atoms. The molecule has 3 rings (SSSR count). The summed E-state index contributed by atoms with van der Waals surface area (Å²) in [5.74, 6) is 1.61. The normalized spacial score (nSPS) is 11.3. The predicted molar refractivity (Wildman–Crippen MR) is 72.0 cm³/mol. The fourth-order valence-electron chi connectivity index (χ4n) is 2.25.